The zero-order chi connectivity index (χ0) is 7.52. The molecule has 12 heavy (non-hydrogen) atoms. The van der Waals surface area contributed by atoms with Gasteiger partial charge in [0.15, 0.2) is 0 Å². The van der Waals surface area contributed by atoms with Crippen molar-refractivity contribution in [1.82, 2.24) is 0 Å². The summed E-state index contributed by atoms with van der Waals surface area (Å²) < 4.78 is 6.64. The van der Waals surface area contributed by atoms with Crippen LogP contribution in [0, 0.1) is 0 Å². The molecule has 0 spiro atoms. The predicted molar refractivity (Wildman–Crippen MR) is 48.5 cm³/mol. The Kier molecular flexibility index (Phi) is 3.81. The first kappa shape index (κ1) is 9.80. The summed E-state index contributed by atoms with van der Waals surface area (Å²) >= 11 is -0.172. The molecule has 1 nitrogen and oxygen atoms in total. The van der Waals surface area contributed by atoms with Gasteiger partial charge in [0.2, 0.25) is 0 Å². The molecule has 1 aromatic carbocycles. The SMILES string of the molecule is C1=[Te][OH+]C(c2ccccc2)=C1.[Cl-]. The van der Waals surface area contributed by atoms with E-state index in [1.54, 1.807) is 0 Å². The molecule has 1 N–H and O–H groups in total. The summed E-state index contributed by atoms with van der Waals surface area (Å²) in [4.78, 5) is 0. The van der Waals surface area contributed by atoms with Gasteiger partial charge in [-0.2, -0.15) is 0 Å². The molecule has 0 bridgehead atoms. The van der Waals surface area contributed by atoms with E-state index in [1.807, 2.05) is 18.2 Å². The van der Waals surface area contributed by atoms with Gasteiger partial charge in [-0.05, 0) is 0 Å². The molecule has 3 heteroatoms. The molecule has 0 atom stereocenters. The van der Waals surface area contributed by atoms with Crippen LogP contribution in [0.15, 0.2) is 36.4 Å². The molecule has 2 rings (SSSR count). The molecule has 0 saturated carbocycles. The number of benzene rings is 1. The van der Waals surface area contributed by atoms with Crippen LogP contribution in [-0.2, 0) is 0 Å². The van der Waals surface area contributed by atoms with Crippen LogP contribution in [0.25, 0.3) is 5.76 Å². The van der Waals surface area contributed by atoms with E-state index in [4.69, 9.17) is 0 Å². The summed E-state index contributed by atoms with van der Waals surface area (Å²) in [6, 6.07) is 10.3. The van der Waals surface area contributed by atoms with Gasteiger partial charge in [-0.1, -0.05) is 0 Å². The monoisotopic (exact) mass is 297 g/mol. The van der Waals surface area contributed by atoms with Gasteiger partial charge >= 0.3 is 75.7 Å². The van der Waals surface area contributed by atoms with Crippen molar-refractivity contribution in [3.63, 3.8) is 0 Å². The molecule has 1 aliphatic rings. The second kappa shape index (κ2) is 4.67. The van der Waals surface area contributed by atoms with E-state index >= 15 is 0 Å². The smallest absolute Gasteiger partial charge is 1.00 e. The number of hydrogen-bond acceptors (Lipinski definition) is 0. The van der Waals surface area contributed by atoms with Crippen LogP contribution < -0.4 is 12.4 Å². The van der Waals surface area contributed by atoms with Crippen LogP contribution in [0.3, 0.4) is 0 Å². The molecule has 1 aliphatic heterocycles. The largest absolute Gasteiger partial charge is 1.00 e. The minimum absolute atomic E-state index is 0. The number of halogens is 1. The quantitative estimate of drug-likeness (QED) is 0.420. The Morgan fingerprint density at radius 1 is 1.08 bits per heavy atom. The third kappa shape index (κ3) is 2.10. The Hall–Kier alpha value is -0.290. The van der Waals surface area contributed by atoms with Gasteiger partial charge in [-0.25, -0.2) is 0 Å². The fraction of sp³-hybridized carbons (Fsp3) is 0. The van der Waals surface area contributed by atoms with E-state index < -0.39 is 0 Å². The van der Waals surface area contributed by atoms with Crippen LogP contribution in [-0.4, -0.2) is 28.0 Å². The maximum absolute atomic E-state index is 4.44. The van der Waals surface area contributed by atoms with Crippen molar-refractivity contribution >= 4 is 30.7 Å². The zero-order valence-corrected chi connectivity index (χ0v) is 9.36. The van der Waals surface area contributed by atoms with E-state index in [0.29, 0.717) is 0 Å². The molecule has 0 fully saturated rings. The Morgan fingerprint density at radius 3 is 2.42 bits per heavy atom. The average molecular weight is 295 g/mol. The maximum atomic E-state index is 4.44. The Bertz CT molecular complexity index is 306. The zero-order valence-electron chi connectivity index (χ0n) is 6.27. The van der Waals surface area contributed by atoms with E-state index in [0.717, 1.165) is 5.76 Å². The number of hydrogen-bond donors (Lipinski definition) is 0. The fourth-order valence-corrected chi connectivity index (χ4v) is 2.48. The van der Waals surface area contributed by atoms with Crippen molar-refractivity contribution in [2.45, 2.75) is 0 Å². The molecule has 1 radical (unpaired) electrons. The summed E-state index contributed by atoms with van der Waals surface area (Å²) in [5, 5.41) is 0. The second-order valence-corrected chi connectivity index (χ2v) is 4.15. The predicted octanol–water partition coefficient (Wildman–Crippen LogP) is -2.01. The van der Waals surface area contributed by atoms with Crippen molar-refractivity contribution in [3.05, 3.63) is 42.0 Å². The van der Waals surface area contributed by atoms with Gasteiger partial charge in [0.05, 0.1) is 0 Å². The molecule has 0 aliphatic carbocycles. The van der Waals surface area contributed by atoms with Crippen LogP contribution in [0.5, 0.6) is 0 Å². The Balaban J connectivity index is 0.000000720. The van der Waals surface area contributed by atoms with Crippen molar-refractivity contribution < 1.29 is 15.5 Å². The molecular weight excluding hydrogens is 287 g/mol. The average Bonchev–Trinajstić information content (AvgIpc) is 2.58. The first-order valence-corrected chi connectivity index (χ1v) is 5.81. The first-order valence-electron chi connectivity index (χ1n) is 3.42. The van der Waals surface area contributed by atoms with E-state index in [2.05, 4.69) is 25.4 Å². The standard InChI is InChI=1S/C9H8OTe.ClH/c1-2-4-8(5-3-1)9-6-7-11-10-9;/h1-7,10H;1H/q+1;/p-1. The third-order valence-electron chi connectivity index (χ3n) is 1.51. The van der Waals surface area contributed by atoms with Crippen molar-refractivity contribution in [3.8, 4) is 0 Å². The molecule has 0 unspecified atom stereocenters. The van der Waals surface area contributed by atoms with E-state index in [9.17, 15) is 0 Å². The maximum Gasteiger partial charge on any atom is -1.00 e. The molecule has 1 aromatic rings. The summed E-state index contributed by atoms with van der Waals surface area (Å²) in [5.74, 6) is 1.16. The molecule has 0 amide bonds. The summed E-state index contributed by atoms with van der Waals surface area (Å²) in [5.41, 5.74) is 1.24. The van der Waals surface area contributed by atoms with Gasteiger partial charge in [0.1, 0.15) is 0 Å². The second-order valence-electron chi connectivity index (χ2n) is 2.25. The van der Waals surface area contributed by atoms with Gasteiger partial charge in [0.25, 0.3) is 0 Å². The topological polar surface area (TPSA) is 12.8 Å². The minimum atomic E-state index is -0.172. The number of allylic oxidation sites excluding steroid dienone is 1. The van der Waals surface area contributed by atoms with Crippen molar-refractivity contribution in [2.75, 3.05) is 0 Å². The van der Waals surface area contributed by atoms with Crippen LogP contribution in [0.2, 0.25) is 0 Å². The molecule has 1 heterocycles. The normalized spacial score (nSPS) is 13.2. The summed E-state index contributed by atoms with van der Waals surface area (Å²) in [6.45, 7) is 0. The molecule has 63 valence electrons. The van der Waals surface area contributed by atoms with Gasteiger partial charge in [0, 0.05) is 0 Å². The number of rotatable bonds is 1. The molecule has 0 aromatic heterocycles. The molecular formula is C9H8ClOTe. The van der Waals surface area contributed by atoms with Gasteiger partial charge in [-0.3, -0.25) is 0 Å². The van der Waals surface area contributed by atoms with Gasteiger partial charge in [-0.15, -0.1) is 0 Å². The molecule has 0 saturated heterocycles. The summed E-state index contributed by atoms with van der Waals surface area (Å²) in [7, 11) is 0. The van der Waals surface area contributed by atoms with Crippen molar-refractivity contribution in [1.29, 1.82) is 0 Å². The van der Waals surface area contributed by atoms with E-state index in [1.165, 1.54) is 5.56 Å². The van der Waals surface area contributed by atoms with Gasteiger partial charge < -0.3 is 12.4 Å². The number of aliphatic hydroxyl groups is 1. The van der Waals surface area contributed by atoms with Crippen LogP contribution >= 0.6 is 0 Å². The van der Waals surface area contributed by atoms with Crippen LogP contribution in [0.1, 0.15) is 5.56 Å². The third-order valence-corrected chi connectivity index (χ3v) is 3.11. The fourth-order valence-electron chi connectivity index (χ4n) is 0.970. The van der Waals surface area contributed by atoms with Crippen molar-refractivity contribution in [2.24, 2.45) is 0 Å². The first-order chi connectivity index (χ1) is 5.47. The van der Waals surface area contributed by atoms with E-state index in [-0.39, 0.29) is 33.3 Å². The van der Waals surface area contributed by atoms with Crippen LogP contribution in [0.4, 0.5) is 0 Å². The Labute approximate surface area is 88.0 Å². The summed E-state index contributed by atoms with van der Waals surface area (Å²) in [6.07, 6.45) is 2.12. The Morgan fingerprint density at radius 2 is 1.83 bits per heavy atom. The minimum Gasteiger partial charge on any atom is -1.00 e.